The Kier molecular flexibility index (Phi) is 4.86. The van der Waals surface area contributed by atoms with Gasteiger partial charge in [-0.2, -0.15) is 0 Å². The molecule has 4 nitrogen and oxygen atoms in total. The van der Waals surface area contributed by atoms with Gasteiger partial charge >= 0.3 is 8.56 Å². The molecule has 0 aliphatic carbocycles. The van der Waals surface area contributed by atoms with Crippen molar-refractivity contribution in [1.82, 2.24) is 0 Å². The van der Waals surface area contributed by atoms with Crippen LogP contribution in [0, 0.1) is 0 Å². The van der Waals surface area contributed by atoms with Crippen LogP contribution in [0.15, 0.2) is 0 Å². The van der Waals surface area contributed by atoms with Crippen LogP contribution in [-0.2, 0) is 8.85 Å². The maximum Gasteiger partial charge on any atom is 0.336 e. The van der Waals surface area contributed by atoms with E-state index in [2.05, 4.69) is 0 Å². The lowest BCUT2D eigenvalue weighted by atomic mass is 10.4. The summed E-state index contributed by atoms with van der Waals surface area (Å²) in [6.45, 7) is 2.46. The zero-order valence-corrected chi connectivity index (χ0v) is 8.46. The third kappa shape index (κ3) is 3.83. The molecule has 0 aromatic rings. The van der Waals surface area contributed by atoms with Gasteiger partial charge in [-0.1, -0.05) is 0 Å². The summed E-state index contributed by atoms with van der Waals surface area (Å²) >= 11 is 0. The van der Waals surface area contributed by atoms with Crippen molar-refractivity contribution in [1.29, 1.82) is 0 Å². The van der Waals surface area contributed by atoms with Gasteiger partial charge < -0.3 is 20.3 Å². The van der Waals surface area contributed by atoms with E-state index in [0.29, 0.717) is 6.54 Å². The molecule has 11 heavy (non-hydrogen) atoms. The molecule has 0 aliphatic heterocycles. The second kappa shape index (κ2) is 4.84. The Morgan fingerprint density at radius 1 is 1.36 bits per heavy atom. The van der Waals surface area contributed by atoms with Crippen LogP contribution in [0.4, 0.5) is 0 Å². The van der Waals surface area contributed by atoms with E-state index >= 15 is 0 Å². The highest BCUT2D eigenvalue weighted by molar-refractivity contribution is 6.66. The van der Waals surface area contributed by atoms with Gasteiger partial charge in [0.25, 0.3) is 0 Å². The molecule has 5 heteroatoms. The Hall–Kier alpha value is 0.0569. The minimum atomic E-state index is -1.99. The SMILES string of the molecule is CO[Si](C)(CC(N)CN)OC. The minimum absolute atomic E-state index is 0.00781. The molecule has 0 aromatic heterocycles. The molecule has 0 aliphatic rings. The van der Waals surface area contributed by atoms with E-state index in [1.165, 1.54) is 0 Å². The molecule has 1 atom stereocenters. The van der Waals surface area contributed by atoms with Gasteiger partial charge in [-0.05, 0) is 6.55 Å². The molecule has 0 saturated carbocycles. The molecular formula is C6H18N2O2Si. The summed E-state index contributed by atoms with van der Waals surface area (Å²) in [6, 6.07) is 0.739. The van der Waals surface area contributed by atoms with E-state index in [1.807, 2.05) is 6.55 Å². The van der Waals surface area contributed by atoms with Crippen molar-refractivity contribution in [2.75, 3.05) is 20.8 Å². The topological polar surface area (TPSA) is 70.5 Å². The summed E-state index contributed by atoms with van der Waals surface area (Å²) < 4.78 is 10.5. The summed E-state index contributed by atoms with van der Waals surface area (Å²) in [4.78, 5) is 0. The lowest BCUT2D eigenvalue weighted by Gasteiger charge is -2.25. The van der Waals surface area contributed by atoms with Crippen LogP contribution in [0.1, 0.15) is 0 Å². The van der Waals surface area contributed by atoms with Crippen LogP contribution >= 0.6 is 0 Å². The van der Waals surface area contributed by atoms with E-state index in [-0.39, 0.29) is 6.04 Å². The molecule has 0 rings (SSSR count). The third-order valence-electron chi connectivity index (χ3n) is 1.80. The molecule has 1 unspecified atom stereocenters. The van der Waals surface area contributed by atoms with Gasteiger partial charge in [-0.15, -0.1) is 0 Å². The van der Waals surface area contributed by atoms with E-state index in [0.717, 1.165) is 6.04 Å². The van der Waals surface area contributed by atoms with E-state index in [1.54, 1.807) is 14.2 Å². The summed E-state index contributed by atoms with van der Waals surface area (Å²) in [5.41, 5.74) is 11.0. The first-order valence-corrected chi connectivity index (χ1v) is 6.16. The predicted octanol–water partition coefficient (Wildman–Crippen LogP) is -0.363. The minimum Gasteiger partial charge on any atom is -0.398 e. The molecular weight excluding hydrogens is 160 g/mol. The maximum atomic E-state index is 5.66. The fourth-order valence-corrected chi connectivity index (χ4v) is 2.43. The van der Waals surface area contributed by atoms with Gasteiger partial charge in [-0.25, -0.2) is 0 Å². The predicted molar refractivity (Wildman–Crippen MR) is 47.5 cm³/mol. The van der Waals surface area contributed by atoms with Crippen LogP contribution in [-0.4, -0.2) is 35.4 Å². The van der Waals surface area contributed by atoms with Crippen LogP contribution in [0.5, 0.6) is 0 Å². The molecule has 0 fully saturated rings. The van der Waals surface area contributed by atoms with Gasteiger partial charge in [0, 0.05) is 32.9 Å². The zero-order chi connectivity index (χ0) is 8.91. The Bertz CT molecular complexity index is 109. The standard InChI is InChI=1S/C6H18N2O2Si/c1-9-11(3,10-2)5-6(8)4-7/h6H,4-5,7-8H2,1-3H3. The second-order valence-corrected chi connectivity index (χ2v) is 6.23. The Labute approximate surface area is 69.1 Å². The van der Waals surface area contributed by atoms with Crippen molar-refractivity contribution < 1.29 is 8.85 Å². The molecule has 0 heterocycles. The molecule has 0 spiro atoms. The van der Waals surface area contributed by atoms with Crippen LogP contribution in [0.3, 0.4) is 0 Å². The van der Waals surface area contributed by atoms with Crippen molar-refractivity contribution in [2.45, 2.75) is 18.6 Å². The monoisotopic (exact) mass is 178 g/mol. The molecule has 0 bridgehead atoms. The quantitative estimate of drug-likeness (QED) is 0.564. The first-order valence-electron chi connectivity index (χ1n) is 3.64. The second-order valence-electron chi connectivity index (χ2n) is 2.74. The first kappa shape index (κ1) is 11.1. The molecule has 4 N–H and O–H groups in total. The summed E-state index contributed by atoms with van der Waals surface area (Å²) in [7, 11) is 1.32. The van der Waals surface area contributed by atoms with Gasteiger partial charge in [0.1, 0.15) is 0 Å². The molecule has 0 saturated heterocycles. The fourth-order valence-electron chi connectivity index (χ4n) is 0.810. The number of nitrogens with two attached hydrogens (primary N) is 2. The Balaban J connectivity index is 3.86. The lowest BCUT2D eigenvalue weighted by molar-refractivity contribution is 0.246. The smallest absolute Gasteiger partial charge is 0.336 e. The van der Waals surface area contributed by atoms with Crippen LogP contribution < -0.4 is 11.5 Å². The Morgan fingerprint density at radius 3 is 2.09 bits per heavy atom. The zero-order valence-electron chi connectivity index (χ0n) is 7.46. The van der Waals surface area contributed by atoms with Gasteiger partial charge in [0.15, 0.2) is 0 Å². The number of hydrogen-bond donors (Lipinski definition) is 2. The molecule has 0 radical (unpaired) electrons. The summed E-state index contributed by atoms with van der Waals surface area (Å²) in [5.74, 6) is 0. The fraction of sp³-hybridized carbons (Fsp3) is 1.00. The highest BCUT2D eigenvalue weighted by Gasteiger charge is 2.30. The number of rotatable bonds is 5. The van der Waals surface area contributed by atoms with E-state index < -0.39 is 8.56 Å². The summed E-state index contributed by atoms with van der Waals surface area (Å²) in [6.07, 6.45) is 0. The van der Waals surface area contributed by atoms with E-state index in [4.69, 9.17) is 20.3 Å². The van der Waals surface area contributed by atoms with Crippen molar-refractivity contribution in [3.63, 3.8) is 0 Å². The van der Waals surface area contributed by atoms with Gasteiger partial charge in [0.05, 0.1) is 0 Å². The van der Waals surface area contributed by atoms with Crippen molar-refractivity contribution in [2.24, 2.45) is 11.5 Å². The van der Waals surface area contributed by atoms with Crippen molar-refractivity contribution >= 4 is 8.56 Å². The van der Waals surface area contributed by atoms with Gasteiger partial charge in [-0.3, -0.25) is 0 Å². The Morgan fingerprint density at radius 2 is 1.82 bits per heavy atom. The van der Waals surface area contributed by atoms with Crippen LogP contribution in [0.2, 0.25) is 12.6 Å². The normalized spacial score (nSPS) is 15.0. The first-order chi connectivity index (χ1) is 5.08. The van der Waals surface area contributed by atoms with Crippen molar-refractivity contribution in [3.05, 3.63) is 0 Å². The van der Waals surface area contributed by atoms with Gasteiger partial charge in [0.2, 0.25) is 0 Å². The average molecular weight is 178 g/mol. The number of hydrogen-bond acceptors (Lipinski definition) is 4. The molecule has 0 amide bonds. The van der Waals surface area contributed by atoms with Crippen molar-refractivity contribution in [3.8, 4) is 0 Å². The van der Waals surface area contributed by atoms with Crippen LogP contribution in [0.25, 0.3) is 0 Å². The highest BCUT2D eigenvalue weighted by atomic mass is 28.4. The maximum absolute atomic E-state index is 5.66. The third-order valence-corrected chi connectivity index (χ3v) is 4.79. The lowest BCUT2D eigenvalue weighted by Crippen LogP contribution is -2.44. The highest BCUT2D eigenvalue weighted by Crippen LogP contribution is 2.11. The average Bonchev–Trinajstić information content (AvgIpc) is 2.04. The molecule has 68 valence electrons. The molecule has 0 aromatic carbocycles. The van der Waals surface area contributed by atoms with E-state index in [9.17, 15) is 0 Å². The largest absolute Gasteiger partial charge is 0.398 e. The summed E-state index contributed by atoms with van der Waals surface area (Å²) in [5, 5.41) is 0.